The molecule has 0 N–H and O–H groups in total. The molecule has 0 spiro atoms. The van der Waals surface area contributed by atoms with Crippen LogP contribution in [0.25, 0.3) is 0 Å². The van der Waals surface area contributed by atoms with Gasteiger partial charge in [-0.15, -0.1) is 0 Å². The Balaban J connectivity index is 0.000000243. The van der Waals surface area contributed by atoms with E-state index in [-0.39, 0.29) is 17.1 Å². The van der Waals surface area contributed by atoms with Crippen molar-refractivity contribution in [3.8, 4) is 0 Å². The second-order valence-electron chi connectivity index (χ2n) is 4.56. The third-order valence-corrected chi connectivity index (χ3v) is 3.37. The zero-order valence-electron chi connectivity index (χ0n) is 11.4. The van der Waals surface area contributed by atoms with Gasteiger partial charge in [0.05, 0.1) is 0 Å². The van der Waals surface area contributed by atoms with Gasteiger partial charge in [0.1, 0.15) is 0 Å². The summed E-state index contributed by atoms with van der Waals surface area (Å²) in [5.41, 5.74) is 4.13. The van der Waals surface area contributed by atoms with Crippen LogP contribution >= 0.6 is 15.9 Å². The van der Waals surface area contributed by atoms with E-state index < -0.39 is 0 Å². The summed E-state index contributed by atoms with van der Waals surface area (Å²) in [6, 6.07) is 25.2. The summed E-state index contributed by atoms with van der Waals surface area (Å²) in [5.74, 6) is 0. The van der Waals surface area contributed by atoms with Crippen LogP contribution in [0.2, 0.25) is 0 Å². The molecule has 0 saturated carbocycles. The molecule has 0 fully saturated rings. The van der Waals surface area contributed by atoms with Crippen molar-refractivity contribution < 1.29 is 17.1 Å². The molecule has 0 aliphatic heterocycles. The normalized spacial score (nSPS) is 9.30. The van der Waals surface area contributed by atoms with Gasteiger partial charge in [-0.25, -0.2) is 12.1 Å². The molecule has 0 saturated heterocycles. The first kappa shape index (κ1) is 17.0. The van der Waals surface area contributed by atoms with Crippen LogP contribution in [-0.4, -0.2) is 0 Å². The Morgan fingerprint density at radius 3 is 2.20 bits per heavy atom. The summed E-state index contributed by atoms with van der Waals surface area (Å²) in [5, 5.41) is 0. The fraction of sp³-hybridized carbons (Fsp3) is 0.111. The Morgan fingerprint density at radius 1 is 1.05 bits per heavy atom. The van der Waals surface area contributed by atoms with Crippen LogP contribution in [0.5, 0.6) is 0 Å². The SMILES string of the molecule is Br[c-]1[cH-][cH-][cH-][cH-]1.Cc1cccc(C[c-]2cccc2)c1.[Fe]. The van der Waals surface area contributed by atoms with E-state index in [1.54, 1.807) is 0 Å². The van der Waals surface area contributed by atoms with Crippen LogP contribution in [0.1, 0.15) is 16.7 Å². The summed E-state index contributed by atoms with van der Waals surface area (Å²) in [6.07, 6.45) is 1.05. The van der Waals surface area contributed by atoms with Gasteiger partial charge in [-0.2, -0.15) is 17.7 Å². The van der Waals surface area contributed by atoms with Crippen LogP contribution in [0, 0.1) is 6.92 Å². The van der Waals surface area contributed by atoms with Crippen molar-refractivity contribution in [3.63, 3.8) is 0 Å². The third kappa shape index (κ3) is 5.92. The average molecular weight is 369 g/mol. The first-order chi connectivity index (χ1) is 9.24. The van der Waals surface area contributed by atoms with Crippen molar-refractivity contribution in [1.82, 2.24) is 0 Å². The van der Waals surface area contributed by atoms with Gasteiger partial charge in [0.25, 0.3) is 0 Å². The molecule has 0 aromatic heterocycles. The van der Waals surface area contributed by atoms with Gasteiger partial charge in [0, 0.05) is 17.1 Å². The van der Waals surface area contributed by atoms with Crippen LogP contribution < -0.4 is 0 Å². The smallest absolute Gasteiger partial charge is 0 e. The molecule has 20 heavy (non-hydrogen) atoms. The molecule has 0 heterocycles. The summed E-state index contributed by atoms with van der Waals surface area (Å²) in [7, 11) is 0. The maximum atomic E-state index is 3.28. The van der Waals surface area contributed by atoms with Crippen molar-refractivity contribution in [2.24, 2.45) is 0 Å². The molecule has 110 valence electrons. The maximum absolute atomic E-state index is 3.28. The van der Waals surface area contributed by atoms with Gasteiger partial charge in [0.2, 0.25) is 0 Å². The molecule has 3 aromatic rings. The number of halogens is 1. The van der Waals surface area contributed by atoms with E-state index in [0.717, 1.165) is 10.9 Å². The Labute approximate surface area is 140 Å². The van der Waals surface area contributed by atoms with E-state index in [4.69, 9.17) is 0 Å². The molecular weight excluding hydrogens is 352 g/mol. The minimum atomic E-state index is 0. The Kier molecular flexibility index (Phi) is 7.61. The van der Waals surface area contributed by atoms with E-state index in [0.29, 0.717) is 0 Å². The fourth-order valence-corrected chi connectivity index (χ4v) is 2.25. The number of hydrogen-bond donors (Lipinski definition) is 0. The second kappa shape index (κ2) is 8.97. The van der Waals surface area contributed by atoms with Crippen LogP contribution in [0.3, 0.4) is 0 Å². The summed E-state index contributed by atoms with van der Waals surface area (Å²) in [4.78, 5) is 0. The Hall–Kier alpha value is -1.08. The predicted octanol–water partition coefficient (Wildman–Crippen LogP) is 5.47. The van der Waals surface area contributed by atoms with Gasteiger partial charge in [0.15, 0.2) is 0 Å². The Morgan fingerprint density at radius 2 is 1.70 bits per heavy atom. The second-order valence-corrected chi connectivity index (χ2v) is 5.48. The van der Waals surface area contributed by atoms with Crippen LogP contribution in [-0.2, 0) is 23.5 Å². The van der Waals surface area contributed by atoms with Crippen molar-refractivity contribution in [1.29, 1.82) is 0 Å². The molecule has 0 unspecified atom stereocenters. The van der Waals surface area contributed by atoms with E-state index >= 15 is 0 Å². The fourth-order valence-electron chi connectivity index (χ4n) is 1.94. The van der Waals surface area contributed by atoms with E-state index in [2.05, 4.69) is 71.4 Å². The monoisotopic (exact) mass is 368 g/mol. The summed E-state index contributed by atoms with van der Waals surface area (Å²) < 4.78 is 1.16. The molecule has 0 atom stereocenters. The zero-order valence-corrected chi connectivity index (χ0v) is 14.1. The van der Waals surface area contributed by atoms with Crippen molar-refractivity contribution in [3.05, 3.63) is 94.0 Å². The molecule has 3 rings (SSSR count). The van der Waals surface area contributed by atoms with Crippen molar-refractivity contribution in [2.75, 3.05) is 0 Å². The maximum Gasteiger partial charge on any atom is 0 e. The summed E-state index contributed by atoms with van der Waals surface area (Å²) in [6.45, 7) is 2.13. The van der Waals surface area contributed by atoms with Crippen LogP contribution in [0.15, 0.2) is 77.3 Å². The molecule has 0 bridgehead atoms. The first-order valence-corrected chi connectivity index (χ1v) is 7.17. The van der Waals surface area contributed by atoms with Gasteiger partial charge >= 0.3 is 0 Å². The van der Waals surface area contributed by atoms with Gasteiger partial charge in [-0.05, 0) is 13.3 Å². The number of hydrogen-bond acceptors (Lipinski definition) is 0. The minimum absolute atomic E-state index is 0. The molecule has 0 amide bonds. The van der Waals surface area contributed by atoms with Crippen molar-refractivity contribution in [2.45, 2.75) is 13.3 Å². The molecule has 2 heteroatoms. The molecule has 3 aromatic carbocycles. The summed E-state index contributed by atoms with van der Waals surface area (Å²) >= 11 is 3.28. The third-order valence-electron chi connectivity index (χ3n) is 2.84. The molecule has 0 aliphatic rings. The number of benzene rings is 1. The Bertz CT molecular complexity index is 580. The van der Waals surface area contributed by atoms with E-state index in [1.807, 2.05) is 24.3 Å². The predicted molar refractivity (Wildman–Crippen MR) is 85.8 cm³/mol. The topological polar surface area (TPSA) is 0 Å². The molecular formula is C18H17BrFe-6. The standard InChI is InChI=1S/C13H13.C5H4Br.Fe/c1-11-5-4-8-13(9-11)10-12-6-2-3-7-12;6-5-3-1-2-4-5;/h2-9H,10H2,1H3;1-4H;/q-1;-5;. The van der Waals surface area contributed by atoms with Crippen molar-refractivity contribution >= 4 is 15.9 Å². The molecule has 0 aliphatic carbocycles. The number of rotatable bonds is 2. The molecule has 0 nitrogen and oxygen atoms in total. The van der Waals surface area contributed by atoms with Gasteiger partial charge in [-0.3, -0.25) is 0 Å². The molecule has 0 radical (unpaired) electrons. The zero-order chi connectivity index (χ0) is 13.5. The first-order valence-electron chi connectivity index (χ1n) is 6.37. The van der Waals surface area contributed by atoms with E-state index in [9.17, 15) is 0 Å². The minimum Gasteiger partial charge on any atom is -0.747 e. The average Bonchev–Trinajstić information content (AvgIpc) is 3.04. The van der Waals surface area contributed by atoms with Gasteiger partial charge < -0.3 is 44.7 Å². The van der Waals surface area contributed by atoms with Crippen LogP contribution in [0.4, 0.5) is 0 Å². The number of aryl methyl sites for hydroxylation is 1. The quantitative estimate of drug-likeness (QED) is 0.415. The van der Waals surface area contributed by atoms with Gasteiger partial charge in [-0.1, -0.05) is 35.4 Å². The largest absolute Gasteiger partial charge is 0.747 e. The van der Waals surface area contributed by atoms with E-state index in [1.165, 1.54) is 16.7 Å².